The molecule has 0 spiro atoms. The zero-order chi connectivity index (χ0) is 13.9. The average molecular weight is 276 g/mol. The van der Waals surface area contributed by atoms with Crippen molar-refractivity contribution in [2.45, 2.75) is 45.2 Å². The number of carbonyl (C=O) groups is 1. The summed E-state index contributed by atoms with van der Waals surface area (Å²) in [7, 11) is 0. The molecule has 1 aromatic heterocycles. The average Bonchev–Trinajstić information content (AvgIpc) is 3.17. The molecule has 1 N–H and O–H groups in total. The third kappa shape index (κ3) is 2.75. The maximum absolute atomic E-state index is 12.9. The molecule has 2 fully saturated rings. The van der Waals surface area contributed by atoms with E-state index in [1.165, 1.54) is 12.8 Å². The van der Waals surface area contributed by atoms with Crippen molar-refractivity contribution in [1.82, 2.24) is 10.2 Å². The van der Waals surface area contributed by atoms with Gasteiger partial charge in [-0.2, -0.15) is 0 Å². The molecule has 4 heteroatoms. The molecular formula is C16H24N2O2. The molecule has 2 atom stereocenters. The monoisotopic (exact) mass is 276 g/mol. The largest absolute Gasteiger partial charge is 0.467 e. The zero-order valence-electron chi connectivity index (χ0n) is 12.2. The topological polar surface area (TPSA) is 45.5 Å². The van der Waals surface area contributed by atoms with Crippen molar-refractivity contribution in [1.29, 1.82) is 0 Å². The van der Waals surface area contributed by atoms with Crippen LogP contribution in [0.15, 0.2) is 22.8 Å². The fourth-order valence-corrected chi connectivity index (χ4v) is 3.53. The number of hydrogen-bond donors (Lipinski definition) is 1. The Morgan fingerprint density at radius 2 is 2.20 bits per heavy atom. The molecule has 1 aromatic rings. The Morgan fingerprint density at radius 1 is 1.40 bits per heavy atom. The summed E-state index contributed by atoms with van der Waals surface area (Å²) in [5, 5.41) is 3.34. The molecule has 1 aliphatic heterocycles. The van der Waals surface area contributed by atoms with E-state index in [4.69, 9.17) is 4.42 Å². The number of nitrogens with one attached hydrogen (secondary N) is 1. The fraction of sp³-hybridized carbons (Fsp3) is 0.688. The summed E-state index contributed by atoms with van der Waals surface area (Å²) in [6.07, 6.45) is 6.45. The van der Waals surface area contributed by atoms with Crippen LogP contribution in [0, 0.1) is 11.8 Å². The first-order chi connectivity index (χ1) is 9.75. The molecule has 20 heavy (non-hydrogen) atoms. The van der Waals surface area contributed by atoms with E-state index in [0.29, 0.717) is 24.4 Å². The van der Waals surface area contributed by atoms with E-state index in [1.807, 2.05) is 12.1 Å². The lowest BCUT2D eigenvalue weighted by molar-refractivity contribution is -0.139. The van der Waals surface area contributed by atoms with Gasteiger partial charge in [0.1, 0.15) is 5.76 Å². The number of carbonyl (C=O) groups excluding carboxylic acids is 1. The molecule has 1 saturated heterocycles. The van der Waals surface area contributed by atoms with Gasteiger partial charge in [0.05, 0.1) is 18.7 Å². The molecular weight excluding hydrogens is 252 g/mol. The van der Waals surface area contributed by atoms with Gasteiger partial charge in [-0.3, -0.25) is 4.79 Å². The Hall–Kier alpha value is -1.29. The van der Waals surface area contributed by atoms with Crippen LogP contribution in [-0.2, 0) is 11.3 Å². The van der Waals surface area contributed by atoms with Crippen molar-refractivity contribution in [3.63, 3.8) is 0 Å². The van der Waals surface area contributed by atoms with Crippen molar-refractivity contribution in [2.75, 3.05) is 13.1 Å². The first-order valence-corrected chi connectivity index (χ1v) is 7.79. The Labute approximate surface area is 120 Å². The van der Waals surface area contributed by atoms with E-state index in [9.17, 15) is 4.79 Å². The van der Waals surface area contributed by atoms with Crippen molar-refractivity contribution in [3.8, 4) is 0 Å². The molecule has 0 radical (unpaired) electrons. The normalized spacial score (nSPS) is 27.1. The van der Waals surface area contributed by atoms with Gasteiger partial charge in [-0.1, -0.05) is 19.8 Å². The minimum atomic E-state index is 0.130. The van der Waals surface area contributed by atoms with Crippen molar-refractivity contribution >= 4 is 5.91 Å². The van der Waals surface area contributed by atoms with Crippen molar-refractivity contribution in [3.05, 3.63) is 24.2 Å². The molecule has 1 amide bonds. The maximum atomic E-state index is 12.9. The quantitative estimate of drug-likeness (QED) is 0.918. The predicted octanol–water partition coefficient (Wildman–Crippen LogP) is 2.41. The van der Waals surface area contributed by atoms with Crippen molar-refractivity contribution < 1.29 is 9.21 Å². The molecule has 1 aliphatic carbocycles. The van der Waals surface area contributed by atoms with E-state index in [-0.39, 0.29) is 5.92 Å². The second-order valence-corrected chi connectivity index (χ2v) is 6.23. The lowest BCUT2D eigenvalue weighted by Gasteiger charge is -2.31. The highest BCUT2D eigenvalue weighted by atomic mass is 16.3. The highest BCUT2D eigenvalue weighted by molar-refractivity contribution is 5.80. The van der Waals surface area contributed by atoms with E-state index < -0.39 is 0 Å². The van der Waals surface area contributed by atoms with Gasteiger partial charge in [0.25, 0.3) is 0 Å². The predicted molar refractivity (Wildman–Crippen MR) is 77.0 cm³/mol. The number of amides is 1. The maximum Gasteiger partial charge on any atom is 0.227 e. The lowest BCUT2D eigenvalue weighted by atomic mass is 9.95. The van der Waals surface area contributed by atoms with Crippen LogP contribution in [0.1, 0.15) is 38.4 Å². The van der Waals surface area contributed by atoms with E-state index in [1.54, 1.807) is 6.26 Å². The highest BCUT2D eigenvalue weighted by Gasteiger charge is 2.36. The Morgan fingerprint density at radius 3 is 2.80 bits per heavy atom. The van der Waals surface area contributed by atoms with Gasteiger partial charge >= 0.3 is 0 Å². The summed E-state index contributed by atoms with van der Waals surface area (Å²) in [6, 6.07) is 4.26. The molecule has 110 valence electrons. The van der Waals surface area contributed by atoms with E-state index in [0.717, 1.165) is 31.7 Å². The van der Waals surface area contributed by atoms with Crippen LogP contribution < -0.4 is 5.32 Å². The minimum Gasteiger partial charge on any atom is -0.467 e. The molecule has 2 aliphatic rings. The minimum absolute atomic E-state index is 0.130. The second-order valence-electron chi connectivity index (χ2n) is 6.23. The summed E-state index contributed by atoms with van der Waals surface area (Å²) >= 11 is 0. The fourth-order valence-electron chi connectivity index (χ4n) is 3.53. The zero-order valence-corrected chi connectivity index (χ0v) is 12.2. The second kappa shape index (κ2) is 6.00. The smallest absolute Gasteiger partial charge is 0.227 e. The molecule has 3 rings (SSSR count). The van der Waals surface area contributed by atoms with Gasteiger partial charge in [0.15, 0.2) is 0 Å². The number of furan rings is 1. The van der Waals surface area contributed by atoms with E-state index >= 15 is 0 Å². The SMILES string of the molecule is CC1CNCC1C(=O)N(Cc1ccco1)C1CCCC1. The van der Waals surface area contributed by atoms with Crippen LogP contribution in [0.2, 0.25) is 0 Å². The standard InChI is InChI=1S/C16H24N2O2/c1-12-9-17-10-15(12)16(19)18(13-5-2-3-6-13)11-14-7-4-8-20-14/h4,7-8,12-13,15,17H,2-3,5-6,9-11H2,1H3. The first kappa shape index (κ1) is 13.7. The first-order valence-electron chi connectivity index (χ1n) is 7.79. The van der Waals surface area contributed by atoms with E-state index in [2.05, 4.69) is 17.1 Å². The van der Waals surface area contributed by atoms with Gasteiger partial charge in [-0.25, -0.2) is 0 Å². The Kier molecular flexibility index (Phi) is 4.10. The van der Waals surface area contributed by atoms with Gasteiger partial charge in [0, 0.05) is 12.6 Å². The number of nitrogens with zero attached hydrogens (tertiary/aromatic N) is 1. The van der Waals surface area contributed by atoms with Crippen LogP contribution >= 0.6 is 0 Å². The number of hydrogen-bond acceptors (Lipinski definition) is 3. The Bertz CT molecular complexity index is 437. The van der Waals surface area contributed by atoms with Gasteiger partial charge in [0.2, 0.25) is 5.91 Å². The molecule has 2 heterocycles. The van der Waals surface area contributed by atoms with Crippen LogP contribution in [0.3, 0.4) is 0 Å². The summed E-state index contributed by atoms with van der Waals surface area (Å²) in [6.45, 7) is 4.57. The Balaban J connectivity index is 1.75. The lowest BCUT2D eigenvalue weighted by Crippen LogP contribution is -2.43. The summed E-state index contributed by atoms with van der Waals surface area (Å²) in [4.78, 5) is 15.0. The summed E-state index contributed by atoms with van der Waals surface area (Å²) < 4.78 is 5.45. The van der Waals surface area contributed by atoms with Gasteiger partial charge < -0.3 is 14.6 Å². The van der Waals surface area contributed by atoms with Crippen LogP contribution in [0.4, 0.5) is 0 Å². The van der Waals surface area contributed by atoms with Crippen LogP contribution in [0.25, 0.3) is 0 Å². The van der Waals surface area contributed by atoms with Gasteiger partial charge in [-0.05, 0) is 37.4 Å². The van der Waals surface area contributed by atoms with Crippen LogP contribution in [-0.4, -0.2) is 29.9 Å². The third-order valence-electron chi connectivity index (χ3n) is 4.79. The van der Waals surface area contributed by atoms with Gasteiger partial charge in [-0.15, -0.1) is 0 Å². The molecule has 4 nitrogen and oxygen atoms in total. The highest BCUT2D eigenvalue weighted by Crippen LogP contribution is 2.28. The third-order valence-corrected chi connectivity index (χ3v) is 4.79. The molecule has 1 saturated carbocycles. The summed E-state index contributed by atoms with van der Waals surface area (Å²) in [5.74, 6) is 1.77. The molecule has 0 aromatic carbocycles. The van der Waals surface area contributed by atoms with Crippen LogP contribution in [0.5, 0.6) is 0 Å². The van der Waals surface area contributed by atoms with Crippen molar-refractivity contribution in [2.24, 2.45) is 11.8 Å². The molecule has 0 bridgehead atoms. The number of rotatable bonds is 4. The molecule has 2 unspecified atom stereocenters. The summed E-state index contributed by atoms with van der Waals surface area (Å²) in [5.41, 5.74) is 0.